The van der Waals surface area contributed by atoms with E-state index < -0.39 is 0 Å². The van der Waals surface area contributed by atoms with Crippen LogP contribution < -0.4 is 5.73 Å². The summed E-state index contributed by atoms with van der Waals surface area (Å²) >= 11 is 0. The number of likely N-dealkylation sites (tertiary alicyclic amines) is 1. The molecule has 1 saturated heterocycles. The van der Waals surface area contributed by atoms with Gasteiger partial charge in [-0.2, -0.15) is 0 Å². The number of benzene rings is 1. The van der Waals surface area contributed by atoms with Gasteiger partial charge in [0.1, 0.15) is 0 Å². The molecule has 17 heavy (non-hydrogen) atoms. The highest BCUT2D eigenvalue weighted by atomic mass is 15.1. The van der Waals surface area contributed by atoms with Crippen LogP contribution in [0.2, 0.25) is 0 Å². The lowest BCUT2D eigenvalue weighted by Crippen LogP contribution is -2.26. The summed E-state index contributed by atoms with van der Waals surface area (Å²) in [4.78, 5) is 2.62. The number of rotatable bonds is 4. The van der Waals surface area contributed by atoms with Gasteiger partial charge in [0, 0.05) is 5.69 Å². The van der Waals surface area contributed by atoms with Gasteiger partial charge in [-0.3, -0.25) is 0 Å². The lowest BCUT2D eigenvalue weighted by molar-refractivity contribution is 0.281. The Morgan fingerprint density at radius 1 is 1.06 bits per heavy atom. The molecule has 1 aliphatic rings. The molecule has 0 atom stereocenters. The van der Waals surface area contributed by atoms with Gasteiger partial charge in [0.25, 0.3) is 0 Å². The molecule has 1 aromatic rings. The normalized spacial score (nSPS) is 17.9. The quantitative estimate of drug-likeness (QED) is 0.808. The maximum Gasteiger partial charge on any atom is 0.0316 e. The van der Waals surface area contributed by atoms with Gasteiger partial charge in [-0.1, -0.05) is 25.0 Å². The van der Waals surface area contributed by atoms with Crippen molar-refractivity contribution in [1.82, 2.24) is 4.90 Å². The van der Waals surface area contributed by atoms with Crippen molar-refractivity contribution in [2.45, 2.75) is 38.5 Å². The lowest BCUT2D eigenvalue weighted by Gasteiger charge is -2.19. The van der Waals surface area contributed by atoms with Gasteiger partial charge < -0.3 is 10.6 Å². The third kappa shape index (κ3) is 4.39. The van der Waals surface area contributed by atoms with Crippen molar-refractivity contribution in [3.63, 3.8) is 0 Å². The monoisotopic (exact) mass is 232 g/mol. The summed E-state index contributed by atoms with van der Waals surface area (Å²) < 4.78 is 0. The van der Waals surface area contributed by atoms with E-state index >= 15 is 0 Å². The Balaban J connectivity index is 1.71. The summed E-state index contributed by atoms with van der Waals surface area (Å²) in [7, 11) is 0. The summed E-state index contributed by atoms with van der Waals surface area (Å²) in [5.74, 6) is 0. The van der Waals surface area contributed by atoms with E-state index in [1.165, 1.54) is 57.3 Å². The molecule has 0 aliphatic carbocycles. The zero-order valence-electron chi connectivity index (χ0n) is 10.7. The first-order valence-electron chi connectivity index (χ1n) is 6.91. The Labute approximate surface area is 105 Å². The molecular weight excluding hydrogens is 208 g/mol. The van der Waals surface area contributed by atoms with Crippen LogP contribution in [0, 0.1) is 0 Å². The van der Waals surface area contributed by atoms with Crippen LogP contribution in [0.4, 0.5) is 5.69 Å². The molecular formula is C15H24N2. The third-order valence-electron chi connectivity index (χ3n) is 3.59. The van der Waals surface area contributed by atoms with Gasteiger partial charge in [0.15, 0.2) is 0 Å². The van der Waals surface area contributed by atoms with E-state index in [-0.39, 0.29) is 0 Å². The highest BCUT2D eigenvalue weighted by Crippen LogP contribution is 2.12. The molecule has 0 bridgehead atoms. The number of hydrogen-bond donors (Lipinski definition) is 1. The topological polar surface area (TPSA) is 29.3 Å². The zero-order valence-corrected chi connectivity index (χ0v) is 10.7. The number of nitrogens with two attached hydrogens (primary N) is 1. The van der Waals surface area contributed by atoms with E-state index in [0.29, 0.717) is 0 Å². The van der Waals surface area contributed by atoms with E-state index in [1.54, 1.807) is 0 Å². The number of anilines is 1. The first-order valence-corrected chi connectivity index (χ1v) is 6.91. The summed E-state index contributed by atoms with van der Waals surface area (Å²) in [5.41, 5.74) is 8.04. The minimum absolute atomic E-state index is 0.886. The second kappa shape index (κ2) is 6.65. The number of aryl methyl sites for hydroxylation is 1. The minimum atomic E-state index is 0.886. The molecule has 0 saturated carbocycles. The summed E-state index contributed by atoms with van der Waals surface area (Å²) in [6.45, 7) is 3.85. The molecule has 2 N–H and O–H groups in total. The molecule has 2 heteroatoms. The van der Waals surface area contributed by atoms with Crippen LogP contribution in [0.5, 0.6) is 0 Å². The van der Waals surface area contributed by atoms with Crippen LogP contribution in [0.25, 0.3) is 0 Å². The Hall–Kier alpha value is -1.02. The molecule has 0 radical (unpaired) electrons. The van der Waals surface area contributed by atoms with Gasteiger partial charge in [-0.25, -0.2) is 0 Å². The maximum absolute atomic E-state index is 5.78. The van der Waals surface area contributed by atoms with Crippen molar-refractivity contribution in [2.75, 3.05) is 25.4 Å². The molecule has 2 rings (SSSR count). The van der Waals surface area contributed by atoms with Crippen LogP contribution in [0.3, 0.4) is 0 Å². The highest BCUT2D eigenvalue weighted by molar-refractivity contribution is 5.40. The summed E-state index contributed by atoms with van der Waals surface area (Å²) in [5, 5.41) is 0. The summed E-state index contributed by atoms with van der Waals surface area (Å²) in [6.07, 6.45) is 8.03. The molecule has 1 heterocycles. The first kappa shape index (κ1) is 12.4. The zero-order chi connectivity index (χ0) is 11.9. The van der Waals surface area contributed by atoms with Crippen molar-refractivity contribution < 1.29 is 0 Å². The van der Waals surface area contributed by atoms with E-state index in [0.717, 1.165) is 12.1 Å². The Morgan fingerprint density at radius 2 is 1.82 bits per heavy atom. The number of hydrogen-bond acceptors (Lipinski definition) is 2. The number of nitrogen functional groups attached to an aromatic ring is 1. The molecule has 1 aliphatic heterocycles. The Bertz CT molecular complexity index is 327. The molecule has 0 spiro atoms. The van der Waals surface area contributed by atoms with E-state index in [4.69, 9.17) is 5.73 Å². The minimum Gasteiger partial charge on any atom is -0.399 e. The predicted octanol–water partition coefficient (Wildman–Crippen LogP) is 3.08. The smallest absolute Gasteiger partial charge is 0.0316 e. The van der Waals surface area contributed by atoms with Gasteiger partial charge in [-0.15, -0.1) is 0 Å². The molecule has 2 nitrogen and oxygen atoms in total. The van der Waals surface area contributed by atoms with Crippen molar-refractivity contribution in [3.8, 4) is 0 Å². The fourth-order valence-electron chi connectivity index (χ4n) is 2.62. The van der Waals surface area contributed by atoms with Crippen molar-refractivity contribution in [2.24, 2.45) is 0 Å². The van der Waals surface area contributed by atoms with Crippen LogP contribution >= 0.6 is 0 Å². The Morgan fingerprint density at radius 3 is 2.53 bits per heavy atom. The van der Waals surface area contributed by atoms with Crippen LogP contribution in [0.15, 0.2) is 24.3 Å². The van der Waals surface area contributed by atoms with E-state index in [1.807, 2.05) is 6.07 Å². The second-order valence-electron chi connectivity index (χ2n) is 5.10. The van der Waals surface area contributed by atoms with E-state index in [9.17, 15) is 0 Å². The Kier molecular flexibility index (Phi) is 4.87. The number of nitrogens with zero attached hydrogens (tertiary/aromatic N) is 1. The van der Waals surface area contributed by atoms with Crippen molar-refractivity contribution >= 4 is 5.69 Å². The molecule has 0 unspecified atom stereocenters. The van der Waals surface area contributed by atoms with Crippen LogP contribution in [-0.4, -0.2) is 24.5 Å². The standard InChI is InChI=1S/C15H24N2/c16-15-9-5-7-14(13-15)8-6-12-17-10-3-1-2-4-11-17/h5,7,9,13H,1-4,6,8,10-12,16H2. The average Bonchev–Trinajstić information content (AvgIpc) is 2.58. The largest absolute Gasteiger partial charge is 0.399 e. The van der Waals surface area contributed by atoms with Crippen molar-refractivity contribution in [1.29, 1.82) is 0 Å². The predicted molar refractivity (Wildman–Crippen MR) is 74.1 cm³/mol. The maximum atomic E-state index is 5.78. The van der Waals surface area contributed by atoms with Gasteiger partial charge >= 0.3 is 0 Å². The molecule has 1 aromatic carbocycles. The van der Waals surface area contributed by atoms with Gasteiger partial charge in [-0.05, 0) is 63.0 Å². The fraction of sp³-hybridized carbons (Fsp3) is 0.600. The van der Waals surface area contributed by atoms with Gasteiger partial charge in [0.05, 0.1) is 0 Å². The fourth-order valence-corrected chi connectivity index (χ4v) is 2.62. The van der Waals surface area contributed by atoms with E-state index in [2.05, 4.69) is 23.1 Å². The highest BCUT2D eigenvalue weighted by Gasteiger charge is 2.08. The SMILES string of the molecule is Nc1cccc(CCCN2CCCCCC2)c1. The van der Waals surface area contributed by atoms with Crippen LogP contribution in [-0.2, 0) is 6.42 Å². The molecule has 0 aromatic heterocycles. The lowest BCUT2D eigenvalue weighted by atomic mass is 10.1. The van der Waals surface area contributed by atoms with Crippen molar-refractivity contribution in [3.05, 3.63) is 29.8 Å². The average molecular weight is 232 g/mol. The molecule has 1 fully saturated rings. The third-order valence-corrected chi connectivity index (χ3v) is 3.59. The second-order valence-corrected chi connectivity index (χ2v) is 5.10. The summed E-state index contributed by atoms with van der Waals surface area (Å²) in [6, 6.07) is 8.29. The van der Waals surface area contributed by atoms with Gasteiger partial charge in [0.2, 0.25) is 0 Å². The molecule has 0 amide bonds. The molecule has 94 valence electrons. The first-order chi connectivity index (χ1) is 8.34. The van der Waals surface area contributed by atoms with Crippen LogP contribution in [0.1, 0.15) is 37.7 Å².